The lowest BCUT2D eigenvalue weighted by Gasteiger charge is -2.06. The van der Waals surface area contributed by atoms with E-state index in [-0.39, 0.29) is 18.0 Å². The van der Waals surface area contributed by atoms with Crippen molar-refractivity contribution in [1.82, 2.24) is 19.3 Å². The summed E-state index contributed by atoms with van der Waals surface area (Å²) in [7, 11) is 1.49. The minimum atomic E-state index is -4.47. The van der Waals surface area contributed by atoms with E-state index in [0.29, 0.717) is 37.4 Å². The molecule has 0 spiro atoms. The van der Waals surface area contributed by atoms with Crippen molar-refractivity contribution in [2.24, 2.45) is 0 Å². The molecule has 0 aliphatic heterocycles. The second-order valence-corrected chi connectivity index (χ2v) is 8.41. The molecule has 0 aliphatic rings. The van der Waals surface area contributed by atoms with Gasteiger partial charge in [0, 0.05) is 23.6 Å². The predicted octanol–water partition coefficient (Wildman–Crippen LogP) is 4.72. The molecular weight excluding hydrogens is 451 g/mol. The van der Waals surface area contributed by atoms with Crippen LogP contribution in [0.5, 0.6) is 5.88 Å². The smallest absolute Gasteiger partial charge is 0.417 e. The number of aromatic nitrogens is 4. The maximum Gasteiger partial charge on any atom is 0.417 e. The van der Waals surface area contributed by atoms with Gasteiger partial charge in [0.05, 0.1) is 40.5 Å². The number of hydrogen-bond acceptors (Lipinski definition) is 8. The third kappa shape index (κ3) is 4.49. The highest BCUT2D eigenvalue weighted by molar-refractivity contribution is 7.18. The highest BCUT2D eigenvalue weighted by atomic mass is 32.1. The van der Waals surface area contributed by atoms with Gasteiger partial charge in [-0.25, -0.2) is 15.0 Å². The number of fused-ring (bicyclic) bond motifs is 1. The first kappa shape index (κ1) is 21.1. The van der Waals surface area contributed by atoms with Gasteiger partial charge in [0.25, 0.3) is 5.91 Å². The summed E-state index contributed by atoms with van der Waals surface area (Å²) in [5.41, 5.74) is 0.870. The molecule has 7 nitrogen and oxygen atoms in total. The van der Waals surface area contributed by atoms with Crippen molar-refractivity contribution < 1.29 is 22.7 Å². The number of rotatable bonds is 5. The molecular formula is C19H14F3N5O2S2. The van der Waals surface area contributed by atoms with Crippen molar-refractivity contribution in [3.63, 3.8) is 0 Å². The summed E-state index contributed by atoms with van der Waals surface area (Å²) >= 11 is 2.26. The van der Waals surface area contributed by atoms with Gasteiger partial charge in [0.1, 0.15) is 5.01 Å². The fourth-order valence-electron chi connectivity index (χ4n) is 2.83. The Morgan fingerprint density at radius 1 is 1.23 bits per heavy atom. The van der Waals surface area contributed by atoms with Gasteiger partial charge in [-0.2, -0.15) is 17.5 Å². The molecule has 0 aliphatic carbocycles. The summed E-state index contributed by atoms with van der Waals surface area (Å²) in [5, 5.41) is 3.32. The molecule has 12 heteroatoms. The van der Waals surface area contributed by atoms with Crippen LogP contribution in [-0.4, -0.2) is 32.3 Å². The van der Waals surface area contributed by atoms with Crippen LogP contribution in [0.4, 0.5) is 18.9 Å². The number of hydrogen-bond donors (Lipinski definition) is 1. The molecule has 0 saturated heterocycles. The van der Waals surface area contributed by atoms with E-state index in [1.165, 1.54) is 13.3 Å². The fraction of sp³-hybridized carbons (Fsp3) is 0.211. The number of halogens is 3. The Morgan fingerprint density at radius 2 is 2.03 bits per heavy atom. The number of thiazole rings is 1. The molecule has 160 valence electrons. The topological polar surface area (TPSA) is 89.9 Å². The highest BCUT2D eigenvalue weighted by Crippen LogP contribution is 2.33. The zero-order valence-electron chi connectivity index (χ0n) is 16.1. The zero-order valence-corrected chi connectivity index (χ0v) is 17.8. The van der Waals surface area contributed by atoms with Crippen molar-refractivity contribution in [2.45, 2.75) is 19.5 Å². The standard InChI is InChI=1S/C19H14F3N5O2S2/c1-9-16(18(28)25-11-3-4-14(29-2)23-8-11)12(31-27-9)6-15-26-17-13(30-15)5-10(7-24-17)19(20,21)22/h3-5,7-8H,6H2,1-2H3,(H,25,28). The van der Waals surface area contributed by atoms with Crippen molar-refractivity contribution in [1.29, 1.82) is 0 Å². The van der Waals surface area contributed by atoms with Gasteiger partial charge >= 0.3 is 6.18 Å². The first-order valence-electron chi connectivity index (χ1n) is 8.84. The largest absolute Gasteiger partial charge is 0.481 e. The highest BCUT2D eigenvalue weighted by Gasteiger charge is 2.31. The van der Waals surface area contributed by atoms with Crippen LogP contribution in [0.25, 0.3) is 10.3 Å². The third-order valence-electron chi connectivity index (χ3n) is 4.29. The number of carbonyl (C=O) groups is 1. The molecule has 0 aromatic carbocycles. The summed E-state index contributed by atoms with van der Waals surface area (Å²) in [4.78, 5) is 25.7. The van der Waals surface area contributed by atoms with E-state index in [4.69, 9.17) is 4.74 Å². The molecule has 0 atom stereocenters. The SMILES string of the molecule is COc1ccc(NC(=O)c2c(C)nsc2Cc2nc3ncc(C(F)(F)F)cc3s2)cn1. The van der Waals surface area contributed by atoms with Gasteiger partial charge in [0.15, 0.2) is 5.65 Å². The monoisotopic (exact) mass is 465 g/mol. The Labute approximate surface area is 182 Å². The normalized spacial score (nSPS) is 11.6. The summed E-state index contributed by atoms with van der Waals surface area (Å²) in [6.45, 7) is 1.72. The van der Waals surface area contributed by atoms with Gasteiger partial charge in [-0.15, -0.1) is 11.3 Å². The number of anilines is 1. The average molecular weight is 465 g/mol. The minimum Gasteiger partial charge on any atom is -0.481 e. The molecule has 0 saturated carbocycles. The summed E-state index contributed by atoms with van der Waals surface area (Å²) in [6.07, 6.45) is -1.97. The first-order valence-corrected chi connectivity index (χ1v) is 10.4. The molecule has 0 fully saturated rings. The molecule has 1 N–H and O–H groups in total. The lowest BCUT2D eigenvalue weighted by Crippen LogP contribution is -2.14. The number of carbonyl (C=O) groups excluding carboxylic acids is 1. The van der Waals surface area contributed by atoms with Crippen molar-refractivity contribution >= 4 is 44.8 Å². The van der Waals surface area contributed by atoms with Crippen LogP contribution in [0.1, 0.15) is 31.5 Å². The van der Waals surface area contributed by atoms with E-state index >= 15 is 0 Å². The number of methoxy groups -OCH3 is 1. The summed E-state index contributed by atoms with van der Waals surface area (Å²) in [5.74, 6) is 0.0667. The molecule has 0 radical (unpaired) electrons. The average Bonchev–Trinajstić information content (AvgIpc) is 3.30. The Kier molecular flexibility index (Phi) is 5.58. The van der Waals surface area contributed by atoms with Crippen LogP contribution in [0.15, 0.2) is 30.6 Å². The molecule has 0 bridgehead atoms. The Hall–Kier alpha value is -3.12. The zero-order chi connectivity index (χ0) is 22.2. The Morgan fingerprint density at radius 3 is 2.71 bits per heavy atom. The van der Waals surface area contributed by atoms with Crippen LogP contribution in [-0.2, 0) is 12.6 Å². The predicted molar refractivity (Wildman–Crippen MR) is 111 cm³/mol. The van der Waals surface area contributed by atoms with Gasteiger partial charge in [-0.1, -0.05) is 0 Å². The van der Waals surface area contributed by atoms with Gasteiger partial charge in [-0.05, 0) is 30.6 Å². The quantitative estimate of drug-likeness (QED) is 0.459. The van der Waals surface area contributed by atoms with Crippen LogP contribution >= 0.6 is 22.9 Å². The lowest BCUT2D eigenvalue weighted by atomic mass is 10.1. The Balaban J connectivity index is 1.58. The summed E-state index contributed by atoms with van der Waals surface area (Å²) in [6, 6.07) is 4.32. The number of pyridine rings is 2. The number of nitrogens with one attached hydrogen (secondary N) is 1. The van der Waals surface area contributed by atoms with Gasteiger partial charge < -0.3 is 10.1 Å². The molecule has 0 unspecified atom stereocenters. The van der Waals surface area contributed by atoms with Gasteiger partial charge in [0.2, 0.25) is 5.88 Å². The van der Waals surface area contributed by atoms with E-state index < -0.39 is 11.7 Å². The number of nitrogens with zero attached hydrogens (tertiary/aromatic N) is 4. The molecule has 4 aromatic heterocycles. The fourth-order valence-corrected chi connectivity index (χ4v) is 4.77. The maximum absolute atomic E-state index is 12.9. The van der Waals surface area contributed by atoms with Crippen molar-refractivity contribution in [3.8, 4) is 5.88 Å². The molecule has 1 amide bonds. The lowest BCUT2D eigenvalue weighted by molar-refractivity contribution is -0.137. The minimum absolute atomic E-state index is 0.240. The second-order valence-electron chi connectivity index (χ2n) is 6.44. The Bertz CT molecular complexity index is 1250. The van der Waals surface area contributed by atoms with Crippen LogP contribution in [0.2, 0.25) is 0 Å². The third-order valence-corrected chi connectivity index (χ3v) is 6.22. The number of amides is 1. The van der Waals surface area contributed by atoms with E-state index in [1.54, 1.807) is 19.1 Å². The molecule has 4 heterocycles. The van der Waals surface area contributed by atoms with E-state index in [2.05, 4.69) is 24.6 Å². The van der Waals surface area contributed by atoms with Gasteiger partial charge in [-0.3, -0.25) is 4.79 Å². The van der Waals surface area contributed by atoms with Crippen LogP contribution in [0, 0.1) is 6.92 Å². The van der Waals surface area contributed by atoms with E-state index in [9.17, 15) is 18.0 Å². The molecule has 4 rings (SSSR count). The molecule has 31 heavy (non-hydrogen) atoms. The second kappa shape index (κ2) is 8.19. The van der Waals surface area contributed by atoms with E-state index in [1.807, 2.05) is 0 Å². The van der Waals surface area contributed by atoms with Crippen molar-refractivity contribution in [3.05, 3.63) is 57.3 Å². The van der Waals surface area contributed by atoms with Crippen LogP contribution < -0.4 is 10.1 Å². The van der Waals surface area contributed by atoms with E-state index in [0.717, 1.165) is 35.1 Å². The van der Waals surface area contributed by atoms with Crippen LogP contribution in [0.3, 0.4) is 0 Å². The molecule has 4 aromatic rings. The van der Waals surface area contributed by atoms with Crippen molar-refractivity contribution in [2.75, 3.05) is 12.4 Å². The first-order chi connectivity index (χ1) is 14.7. The maximum atomic E-state index is 12.9. The number of alkyl halides is 3. The number of ether oxygens (including phenoxy) is 1. The summed E-state index contributed by atoms with van der Waals surface area (Å²) < 4.78 is 48.3. The number of aryl methyl sites for hydroxylation is 1.